The van der Waals surface area contributed by atoms with E-state index >= 15 is 0 Å². The molecule has 8 heteroatoms. The number of fused-ring (bicyclic) bond motifs is 1. The van der Waals surface area contributed by atoms with E-state index in [4.69, 9.17) is 5.73 Å². The molecule has 0 atom stereocenters. The minimum absolute atomic E-state index is 0.0183. The van der Waals surface area contributed by atoms with E-state index in [1.165, 1.54) is 0 Å². The molecule has 1 amide bonds. The van der Waals surface area contributed by atoms with Gasteiger partial charge in [0, 0.05) is 0 Å². The maximum absolute atomic E-state index is 11.7. The van der Waals surface area contributed by atoms with Crippen LogP contribution in [-0.2, 0) is 0 Å². The monoisotopic (exact) mass is 243 g/mol. The fourth-order valence-electron chi connectivity index (χ4n) is 1.56. The van der Waals surface area contributed by atoms with Crippen molar-refractivity contribution in [1.82, 2.24) is 25.1 Å². The van der Waals surface area contributed by atoms with Crippen molar-refractivity contribution in [2.75, 3.05) is 11.1 Å². The van der Waals surface area contributed by atoms with E-state index in [9.17, 15) is 4.79 Å². The fourth-order valence-corrected chi connectivity index (χ4v) is 1.56. The molecule has 8 nitrogen and oxygen atoms in total. The van der Waals surface area contributed by atoms with Crippen LogP contribution in [0.5, 0.6) is 0 Å². The zero-order valence-electron chi connectivity index (χ0n) is 9.14. The lowest BCUT2D eigenvalue weighted by molar-refractivity contribution is 0.101. The molecule has 0 aliphatic rings. The average molecular weight is 243 g/mol. The summed E-state index contributed by atoms with van der Waals surface area (Å²) in [6.45, 7) is 0. The second-order valence-corrected chi connectivity index (χ2v) is 3.60. The van der Waals surface area contributed by atoms with Gasteiger partial charge in [0.25, 0.3) is 5.91 Å². The fraction of sp³-hybridized carbons (Fsp3) is 0. The highest BCUT2D eigenvalue weighted by molar-refractivity contribution is 6.01. The van der Waals surface area contributed by atoms with Crippen LogP contribution in [0.2, 0.25) is 0 Å². The molecule has 90 valence electrons. The molecule has 0 saturated heterocycles. The van der Waals surface area contributed by atoms with E-state index in [0.717, 1.165) is 11.0 Å². The SMILES string of the molecule is Nc1n[nH]c(C(=O)Nc2nc3ccccc3[nH]2)n1. The third-order valence-electron chi connectivity index (χ3n) is 2.34. The molecule has 0 bridgehead atoms. The highest BCUT2D eigenvalue weighted by atomic mass is 16.2. The van der Waals surface area contributed by atoms with E-state index in [1.54, 1.807) is 0 Å². The first-order valence-corrected chi connectivity index (χ1v) is 5.16. The van der Waals surface area contributed by atoms with Gasteiger partial charge >= 0.3 is 0 Å². The number of carbonyl (C=O) groups is 1. The first kappa shape index (κ1) is 10.3. The number of imidazole rings is 1. The van der Waals surface area contributed by atoms with Gasteiger partial charge in [-0.05, 0) is 12.1 Å². The van der Waals surface area contributed by atoms with Gasteiger partial charge in [-0.3, -0.25) is 15.2 Å². The first-order chi connectivity index (χ1) is 8.72. The van der Waals surface area contributed by atoms with Crippen molar-refractivity contribution >= 4 is 28.8 Å². The van der Waals surface area contributed by atoms with Crippen molar-refractivity contribution in [3.05, 3.63) is 30.1 Å². The van der Waals surface area contributed by atoms with E-state index in [0.29, 0.717) is 5.95 Å². The van der Waals surface area contributed by atoms with Crippen LogP contribution in [-0.4, -0.2) is 31.1 Å². The number of H-pyrrole nitrogens is 2. The summed E-state index contributed by atoms with van der Waals surface area (Å²) < 4.78 is 0. The minimum Gasteiger partial charge on any atom is -0.366 e. The smallest absolute Gasteiger partial charge is 0.295 e. The van der Waals surface area contributed by atoms with Gasteiger partial charge in [0.15, 0.2) is 0 Å². The molecule has 3 rings (SSSR count). The number of nitrogens with zero attached hydrogens (tertiary/aromatic N) is 3. The van der Waals surface area contributed by atoms with Gasteiger partial charge in [0.2, 0.25) is 17.7 Å². The lowest BCUT2D eigenvalue weighted by Crippen LogP contribution is -2.14. The number of nitrogen functional groups attached to an aromatic ring is 1. The molecule has 0 radical (unpaired) electrons. The number of amides is 1. The average Bonchev–Trinajstić information content (AvgIpc) is 2.94. The van der Waals surface area contributed by atoms with Crippen LogP contribution in [0, 0.1) is 0 Å². The standard InChI is InChI=1S/C10H9N7O/c11-9-14-7(16-17-9)8(18)15-10-12-5-3-1-2-4-6(5)13-10/h1-4H,(H3,11,14,16,17)(H2,12,13,15,18). The number of anilines is 2. The highest BCUT2D eigenvalue weighted by Gasteiger charge is 2.12. The van der Waals surface area contributed by atoms with Crippen LogP contribution < -0.4 is 11.1 Å². The molecule has 0 aliphatic heterocycles. The number of rotatable bonds is 2. The Labute approximate surface area is 101 Å². The number of hydrogen-bond donors (Lipinski definition) is 4. The molecule has 0 saturated carbocycles. The molecule has 0 unspecified atom stereocenters. The highest BCUT2D eigenvalue weighted by Crippen LogP contribution is 2.13. The predicted octanol–water partition coefficient (Wildman–Crippen LogP) is 0.515. The van der Waals surface area contributed by atoms with Crippen LogP contribution in [0.3, 0.4) is 0 Å². The van der Waals surface area contributed by atoms with Crippen molar-refractivity contribution in [3.63, 3.8) is 0 Å². The molecule has 2 aromatic heterocycles. The molecule has 0 spiro atoms. The number of nitrogens with one attached hydrogen (secondary N) is 3. The molecule has 2 heterocycles. The van der Waals surface area contributed by atoms with Crippen molar-refractivity contribution in [1.29, 1.82) is 0 Å². The number of para-hydroxylation sites is 2. The summed E-state index contributed by atoms with van der Waals surface area (Å²) in [4.78, 5) is 22.6. The summed E-state index contributed by atoms with van der Waals surface area (Å²) in [5.74, 6) is -0.0628. The lowest BCUT2D eigenvalue weighted by atomic mass is 10.3. The van der Waals surface area contributed by atoms with Crippen molar-refractivity contribution in [3.8, 4) is 0 Å². The Morgan fingerprint density at radius 1 is 1.28 bits per heavy atom. The summed E-state index contributed by atoms with van der Waals surface area (Å²) >= 11 is 0. The molecule has 5 N–H and O–H groups in total. The van der Waals surface area contributed by atoms with Crippen LogP contribution in [0.25, 0.3) is 11.0 Å². The Kier molecular flexibility index (Phi) is 2.19. The van der Waals surface area contributed by atoms with E-state index in [-0.39, 0.29) is 11.8 Å². The predicted molar refractivity (Wildman–Crippen MR) is 64.8 cm³/mol. The largest absolute Gasteiger partial charge is 0.366 e. The molecule has 1 aromatic carbocycles. The van der Waals surface area contributed by atoms with Gasteiger partial charge in [0.1, 0.15) is 0 Å². The molecular weight excluding hydrogens is 234 g/mol. The van der Waals surface area contributed by atoms with Gasteiger partial charge in [-0.1, -0.05) is 12.1 Å². The summed E-state index contributed by atoms with van der Waals surface area (Å²) in [5, 5.41) is 8.56. The Morgan fingerprint density at radius 3 is 2.83 bits per heavy atom. The van der Waals surface area contributed by atoms with Crippen molar-refractivity contribution in [2.45, 2.75) is 0 Å². The third kappa shape index (κ3) is 1.75. The maximum atomic E-state index is 11.7. The summed E-state index contributed by atoms with van der Waals surface area (Å²) in [7, 11) is 0. The Bertz CT molecular complexity index is 681. The minimum atomic E-state index is -0.460. The van der Waals surface area contributed by atoms with Crippen LogP contribution in [0.15, 0.2) is 24.3 Å². The van der Waals surface area contributed by atoms with Gasteiger partial charge < -0.3 is 10.7 Å². The van der Waals surface area contributed by atoms with Crippen LogP contribution in [0.1, 0.15) is 10.6 Å². The van der Waals surface area contributed by atoms with E-state index < -0.39 is 5.91 Å². The van der Waals surface area contributed by atoms with Gasteiger partial charge in [-0.2, -0.15) is 4.98 Å². The van der Waals surface area contributed by atoms with Crippen molar-refractivity contribution in [2.24, 2.45) is 0 Å². The topological polar surface area (TPSA) is 125 Å². The molecule has 18 heavy (non-hydrogen) atoms. The number of nitrogens with two attached hydrogens (primary N) is 1. The van der Waals surface area contributed by atoms with Crippen LogP contribution in [0.4, 0.5) is 11.9 Å². The Morgan fingerprint density at radius 2 is 2.11 bits per heavy atom. The second kappa shape index (κ2) is 3.84. The summed E-state index contributed by atoms with van der Waals surface area (Å²) in [6, 6.07) is 7.45. The Balaban J connectivity index is 1.86. The molecule has 0 fully saturated rings. The van der Waals surface area contributed by atoms with Crippen molar-refractivity contribution < 1.29 is 4.79 Å². The number of aromatic amines is 2. The quantitative estimate of drug-likeness (QED) is 0.522. The van der Waals surface area contributed by atoms with E-state index in [2.05, 4.69) is 30.5 Å². The zero-order chi connectivity index (χ0) is 12.5. The number of hydrogen-bond acceptors (Lipinski definition) is 5. The second-order valence-electron chi connectivity index (χ2n) is 3.60. The third-order valence-corrected chi connectivity index (χ3v) is 2.34. The lowest BCUT2D eigenvalue weighted by Gasteiger charge is -1.96. The first-order valence-electron chi connectivity index (χ1n) is 5.16. The summed E-state index contributed by atoms with van der Waals surface area (Å²) in [5.41, 5.74) is 6.92. The van der Waals surface area contributed by atoms with Crippen LogP contribution >= 0.6 is 0 Å². The Hall–Kier alpha value is -2.90. The van der Waals surface area contributed by atoms with Gasteiger partial charge in [-0.15, -0.1) is 5.10 Å². The molecule has 0 aliphatic carbocycles. The van der Waals surface area contributed by atoms with E-state index in [1.807, 2.05) is 24.3 Å². The van der Waals surface area contributed by atoms with Gasteiger partial charge in [-0.25, -0.2) is 4.98 Å². The van der Waals surface area contributed by atoms with Gasteiger partial charge in [0.05, 0.1) is 11.0 Å². The maximum Gasteiger partial charge on any atom is 0.295 e. The summed E-state index contributed by atoms with van der Waals surface area (Å²) in [6.07, 6.45) is 0. The number of carbonyl (C=O) groups excluding carboxylic acids is 1. The zero-order valence-corrected chi connectivity index (χ0v) is 9.14. The number of aromatic nitrogens is 5. The molecule has 3 aromatic rings. The number of benzene rings is 1. The molecular formula is C10H9N7O. The normalized spacial score (nSPS) is 10.7.